The number of aliphatic hydroxyl groups excluding tert-OH is 1. The third-order valence-electron chi connectivity index (χ3n) is 17.4. The van der Waals surface area contributed by atoms with E-state index in [1.807, 2.05) is 0 Å². The zero-order valence-corrected chi connectivity index (χ0v) is 62.7. The first kappa shape index (κ1) is 91.1. The lowest BCUT2D eigenvalue weighted by Gasteiger charge is -2.21. The van der Waals surface area contributed by atoms with E-state index in [2.05, 4.69) is 55.4 Å². The van der Waals surface area contributed by atoms with Crippen molar-refractivity contribution in [2.75, 3.05) is 39.6 Å². The molecule has 0 aromatic rings. The molecule has 552 valence electrons. The minimum Gasteiger partial charge on any atom is -0.462 e. The molecule has 0 amide bonds. The predicted octanol–water partition coefficient (Wildman–Crippen LogP) is 21.3. The summed E-state index contributed by atoms with van der Waals surface area (Å²) >= 11 is 0. The Morgan fingerprint density at radius 3 is 0.763 bits per heavy atom. The number of carbonyl (C=O) groups is 4. The van der Waals surface area contributed by atoms with Crippen LogP contribution in [-0.4, -0.2) is 96.7 Å². The third kappa shape index (κ3) is 67.0. The lowest BCUT2D eigenvalue weighted by Crippen LogP contribution is -2.30. The zero-order chi connectivity index (χ0) is 68.9. The van der Waals surface area contributed by atoms with Gasteiger partial charge in [0.2, 0.25) is 0 Å². The number of esters is 4. The smallest absolute Gasteiger partial charge is 0.462 e. The third-order valence-corrected chi connectivity index (χ3v) is 19.3. The van der Waals surface area contributed by atoms with E-state index >= 15 is 0 Å². The largest absolute Gasteiger partial charge is 0.472 e. The Hall–Kier alpha value is -1.94. The number of phosphoric ester groups is 2. The van der Waals surface area contributed by atoms with Gasteiger partial charge in [-0.2, -0.15) is 0 Å². The molecule has 0 aliphatic carbocycles. The van der Waals surface area contributed by atoms with Gasteiger partial charge in [0, 0.05) is 25.7 Å². The van der Waals surface area contributed by atoms with E-state index in [1.54, 1.807) is 0 Å². The van der Waals surface area contributed by atoms with Crippen LogP contribution in [0.4, 0.5) is 0 Å². The highest BCUT2D eigenvalue weighted by Crippen LogP contribution is 2.45. The second-order valence-corrected chi connectivity index (χ2v) is 31.3. The molecule has 17 nitrogen and oxygen atoms in total. The van der Waals surface area contributed by atoms with Gasteiger partial charge in [0.1, 0.15) is 19.3 Å². The van der Waals surface area contributed by atoms with Crippen LogP contribution < -0.4 is 0 Å². The number of unbranched alkanes of at least 4 members (excludes halogenated alkanes) is 36. The molecule has 0 aliphatic heterocycles. The monoisotopic (exact) mass is 1370 g/mol. The number of aliphatic hydroxyl groups is 1. The van der Waals surface area contributed by atoms with E-state index in [0.29, 0.717) is 31.6 Å². The number of phosphoric acid groups is 2. The van der Waals surface area contributed by atoms with Crippen molar-refractivity contribution >= 4 is 39.5 Å². The summed E-state index contributed by atoms with van der Waals surface area (Å²) in [6, 6.07) is 0. The summed E-state index contributed by atoms with van der Waals surface area (Å²) in [6.07, 6.45) is 47.3. The first-order valence-corrected chi connectivity index (χ1v) is 41.2. The molecule has 0 saturated carbocycles. The van der Waals surface area contributed by atoms with E-state index in [0.717, 1.165) is 114 Å². The number of ether oxygens (including phenoxy) is 4. The summed E-state index contributed by atoms with van der Waals surface area (Å²) in [5.74, 6) is 0.907. The first-order valence-electron chi connectivity index (χ1n) is 38.2. The fraction of sp³-hybridized carbons (Fsp3) is 0.946. The summed E-state index contributed by atoms with van der Waals surface area (Å²) in [7, 11) is -9.91. The number of rotatable bonds is 71. The molecule has 0 saturated heterocycles. The van der Waals surface area contributed by atoms with E-state index in [-0.39, 0.29) is 25.7 Å². The maximum absolute atomic E-state index is 13.1. The van der Waals surface area contributed by atoms with E-state index in [9.17, 15) is 43.2 Å². The number of hydrogen-bond acceptors (Lipinski definition) is 15. The molecular formula is C74H144O17P2. The minimum atomic E-state index is -4.96. The van der Waals surface area contributed by atoms with Crippen LogP contribution in [0.25, 0.3) is 0 Å². The van der Waals surface area contributed by atoms with Crippen molar-refractivity contribution < 1.29 is 80.2 Å². The van der Waals surface area contributed by atoms with Gasteiger partial charge in [-0.15, -0.1) is 0 Å². The van der Waals surface area contributed by atoms with Gasteiger partial charge in [-0.1, -0.05) is 319 Å². The topological polar surface area (TPSA) is 237 Å². The van der Waals surface area contributed by atoms with Gasteiger partial charge < -0.3 is 33.8 Å². The normalized spacial score (nSPS) is 14.5. The van der Waals surface area contributed by atoms with Crippen LogP contribution in [0.2, 0.25) is 0 Å². The van der Waals surface area contributed by atoms with Crippen LogP contribution >= 0.6 is 15.6 Å². The Kier molecular flexibility index (Phi) is 62.2. The molecule has 0 radical (unpaired) electrons. The molecule has 0 rings (SSSR count). The standard InChI is InChI=1S/C74H144O17P2/c1-9-67(8)53-45-37-28-22-16-12-10-11-13-17-24-30-40-48-56-73(78)90-69(60-84-71(76)54-46-38-29-23-18-14-15-20-26-34-42-50-64(2)3)62-88-92(80,81)86-58-68(75)59-87-93(82,83)89-63-70(61-85-72(77)55-47-39-33-32-36-44-52-66(6)7)91-74(79)57-49-41-31-25-19-21-27-35-43-51-65(4)5/h64-70,75H,9-63H2,1-8H3,(H,80,81)(H,82,83)/t67?,68-,69-,70-/m1/s1. The summed E-state index contributed by atoms with van der Waals surface area (Å²) in [5, 5.41) is 10.6. The van der Waals surface area contributed by atoms with Crippen LogP contribution in [0.15, 0.2) is 0 Å². The molecular weight excluding hydrogens is 1220 g/mol. The van der Waals surface area contributed by atoms with Crippen molar-refractivity contribution in [2.45, 2.75) is 388 Å². The average Bonchev–Trinajstić information content (AvgIpc) is 2.18. The Morgan fingerprint density at radius 2 is 0.516 bits per heavy atom. The van der Waals surface area contributed by atoms with Gasteiger partial charge in [-0.05, 0) is 49.4 Å². The highest BCUT2D eigenvalue weighted by atomic mass is 31.2. The van der Waals surface area contributed by atoms with Gasteiger partial charge in [0.25, 0.3) is 0 Å². The van der Waals surface area contributed by atoms with Gasteiger partial charge in [-0.25, -0.2) is 9.13 Å². The molecule has 0 spiro atoms. The summed E-state index contributed by atoms with van der Waals surface area (Å²) in [5.41, 5.74) is 0. The van der Waals surface area contributed by atoms with E-state index in [4.69, 9.17) is 37.0 Å². The van der Waals surface area contributed by atoms with Gasteiger partial charge in [0.15, 0.2) is 12.2 Å². The van der Waals surface area contributed by atoms with Crippen molar-refractivity contribution in [3.05, 3.63) is 0 Å². The quantitative estimate of drug-likeness (QED) is 0.0222. The Labute approximate surface area is 568 Å². The van der Waals surface area contributed by atoms with Crippen LogP contribution in [-0.2, 0) is 65.4 Å². The van der Waals surface area contributed by atoms with Crippen molar-refractivity contribution in [2.24, 2.45) is 23.7 Å². The minimum absolute atomic E-state index is 0.104. The highest BCUT2D eigenvalue weighted by molar-refractivity contribution is 7.47. The molecule has 0 aromatic heterocycles. The van der Waals surface area contributed by atoms with Crippen LogP contribution in [0.5, 0.6) is 0 Å². The molecule has 93 heavy (non-hydrogen) atoms. The van der Waals surface area contributed by atoms with E-state index in [1.165, 1.54) is 167 Å². The molecule has 0 bridgehead atoms. The molecule has 6 atom stereocenters. The van der Waals surface area contributed by atoms with Crippen LogP contribution in [0, 0.1) is 23.7 Å². The molecule has 0 heterocycles. The number of hydrogen-bond donors (Lipinski definition) is 3. The second-order valence-electron chi connectivity index (χ2n) is 28.4. The first-order chi connectivity index (χ1) is 44.6. The van der Waals surface area contributed by atoms with E-state index < -0.39 is 97.5 Å². The zero-order valence-electron chi connectivity index (χ0n) is 60.9. The summed E-state index contributed by atoms with van der Waals surface area (Å²) in [4.78, 5) is 72.7. The molecule has 0 aliphatic rings. The Bertz CT molecular complexity index is 1840. The molecule has 3 unspecified atom stereocenters. The average molecular weight is 1370 g/mol. The lowest BCUT2D eigenvalue weighted by atomic mass is 9.99. The predicted molar refractivity (Wildman–Crippen MR) is 377 cm³/mol. The number of carbonyl (C=O) groups excluding carboxylic acids is 4. The Morgan fingerprint density at radius 1 is 0.301 bits per heavy atom. The van der Waals surface area contributed by atoms with Crippen molar-refractivity contribution in [3.8, 4) is 0 Å². The second kappa shape index (κ2) is 63.5. The maximum Gasteiger partial charge on any atom is 0.472 e. The molecule has 19 heteroatoms. The SMILES string of the molecule is CCC(C)CCCCCCCCCCCCCCCCC(=O)O[C@H](COC(=O)CCCCCCCCCCCCCC(C)C)COP(=O)(O)OC[C@@H](O)COP(=O)(O)OC[C@@H](COC(=O)CCCCCCCCC(C)C)OC(=O)CCCCCCCCCCCC(C)C. The van der Waals surface area contributed by atoms with Crippen LogP contribution in [0.1, 0.15) is 370 Å². The Balaban J connectivity index is 5.24. The molecule has 0 aromatic carbocycles. The van der Waals surface area contributed by atoms with Gasteiger partial charge >= 0.3 is 39.5 Å². The lowest BCUT2D eigenvalue weighted by molar-refractivity contribution is -0.161. The van der Waals surface area contributed by atoms with Crippen molar-refractivity contribution in [3.63, 3.8) is 0 Å². The fourth-order valence-electron chi connectivity index (χ4n) is 11.2. The summed E-state index contributed by atoms with van der Waals surface area (Å²) in [6.45, 7) is 14.1. The fourth-order valence-corrected chi connectivity index (χ4v) is 12.7. The molecule has 0 fully saturated rings. The maximum atomic E-state index is 13.1. The summed E-state index contributed by atoms with van der Waals surface area (Å²) < 4.78 is 68.4. The van der Waals surface area contributed by atoms with Crippen molar-refractivity contribution in [1.29, 1.82) is 0 Å². The van der Waals surface area contributed by atoms with Gasteiger partial charge in [-0.3, -0.25) is 37.3 Å². The van der Waals surface area contributed by atoms with Gasteiger partial charge in [0.05, 0.1) is 26.4 Å². The molecule has 3 N–H and O–H groups in total. The highest BCUT2D eigenvalue weighted by Gasteiger charge is 2.30. The van der Waals surface area contributed by atoms with Crippen molar-refractivity contribution in [1.82, 2.24) is 0 Å². The van der Waals surface area contributed by atoms with Crippen LogP contribution in [0.3, 0.4) is 0 Å².